The third-order valence-electron chi connectivity index (χ3n) is 3.55. The van der Waals surface area contributed by atoms with E-state index in [-0.39, 0.29) is 23.4 Å². The molecule has 0 spiro atoms. The minimum absolute atomic E-state index is 0.0960. The molecule has 1 aliphatic rings. The van der Waals surface area contributed by atoms with E-state index in [0.29, 0.717) is 6.42 Å². The van der Waals surface area contributed by atoms with Crippen molar-refractivity contribution in [3.8, 4) is 0 Å². The number of nitro groups is 1. The molecule has 0 aromatic rings. The molecular weight excluding hydrogens is 194 g/mol. The highest BCUT2D eigenvalue weighted by Gasteiger charge is 2.38. The van der Waals surface area contributed by atoms with E-state index >= 15 is 0 Å². The van der Waals surface area contributed by atoms with Crippen LogP contribution in [0, 0.1) is 22.0 Å². The van der Waals surface area contributed by atoms with Gasteiger partial charge in [-0.3, -0.25) is 10.1 Å². The second-order valence-corrected chi connectivity index (χ2v) is 4.53. The Morgan fingerprint density at radius 3 is 2.67 bits per heavy atom. The first-order valence-electron chi connectivity index (χ1n) is 5.95. The molecule has 1 aliphatic carbocycles. The van der Waals surface area contributed by atoms with Gasteiger partial charge in [0.2, 0.25) is 6.04 Å². The number of aliphatic hydroxyl groups excluding tert-OH is 1. The monoisotopic (exact) mass is 215 g/mol. The van der Waals surface area contributed by atoms with Crippen LogP contribution in [0.3, 0.4) is 0 Å². The second-order valence-electron chi connectivity index (χ2n) is 4.53. The van der Waals surface area contributed by atoms with Crippen molar-refractivity contribution in [2.24, 2.45) is 11.8 Å². The van der Waals surface area contributed by atoms with E-state index < -0.39 is 6.04 Å². The van der Waals surface area contributed by atoms with E-state index in [1.54, 1.807) is 0 Å². The highest BCUT2D eigenvalue weighted by molar-refractivity contribution is 4.80. The fraction of sp³-hybridized carbons (Fsp3) is 1.00. The van der Waals surface area contributed by atoms with Gasteiger partial charge in [0.05, 0.1) is 0 Å². The van der Waals surface area contributed by atoms with Crippen molar-refractivity contribution in [2.75, 3.05) is 6.61 Å². The van der Waals surface area contributed by atoms with Crippen LogP contribution in [0.15, 0.2) is 0 Å². The number of aliphatic hydroxyl groups is 1. The summed E-state index contributed by atoms with van der Waals surface area (Å²) in [5.74, 6) is 0.226. The summed E-state index contributed by atoms with van der Waals surface area (Å²) in [6, 6.07) is -0.414. The van der Waals surface area contributed by atoms with Gasteiger partial charge in [-0.25, -0.2) is 0 Å². The molecule has 1 saturated carbocycles. The molecule has 0 aromatic carbocycles. The molecule has 0 aliphatic heterocycles. The highest BCUT2D eigenvalue weighted by Crippen LogP contribution is 2.34. The van der Waals surface area contributed by atoms with Gasteiger partial charge in [0.1, 0.15) is 0 Å². The number of hydrogen-bond donors (Lipinski definition) is 1. The van der Waals surface area contributed by atoms with Crippen molar-refractivity contribution in [3.63, 3.8) is 0 Å². The van der Waals surface area contributed by atoms with Crippen molar-refractivity contribution in [1.82, 2.24) is 0 Å². The Morgan fingerprint density at radius 1 is 1.47 bits per heavy atom. The Hall–Kier alpha value is -0.640. The van der Waals surface area contributed by atoms with Crippen LogP contribution >= 0.6 is 0 Å². The maximum atomic E-state index is 10.9. The largest absolute Gasteiger partial charge is 0.396 e. The van der Waals surface area contributed by atoms with Crippen LogP contribution in [0.25, 0.3) is 0 Å². The first-order chi connectivity index (χ1) is 7.20. The molecule has 88 valence electrons. The third-order valence-corrected chi connectivity index (χ3v) is 3.55. The first-order valence-corrected chi connectivity index (χ1v) is 5.95. The summed E-state index contributed by atoms with van der Waals surface area (Å²) in [5.41, 5.74) is 0. The van der Waals surface area contributed by atoms with Crippen LogP contribution in [0.4, 0.5) is 0 Å². The van der Waals surface area contributed by atoms with E-state index in [1.165, 1.54) is 0 Å². The summed E-state index contributed by atoms with van der Waals surface area (Å²) >= 11 is 0. The van der Waals surface area contributed by atoms with Crippen LogP contribution in [-0.4, -0.2) is 22.7 Å². The van der Waals surface area contributed by atoms with Gasteiger partial charge in [0, 0.05) is 23.9 Å². The van der Waals surface area contributed by atoms with Gasteiger partial charge in [0.25, 0.3) is 0 Å². The molecule has 0 aromatic heterocycles. The summed E-state index contributed by atoms with van der Waals surface area (Å²) in [7, 11) is 0. The summed E-state index contributed by atoms with van der Waals surface area (Å²) in [6.45, 7) is 2.16. The summed E-state index contributed by atoms with van der Waals surface area (Å²) < 4.78 is 0. The molecule has 0 saturated heterocycles. The lowest BCUT2D eigenvalue weighted by Crippen LogP contribution is -2.38. The van der Waals surface area contributed by atoms with Gasteiger partial charge in [0.15, 0.2) is 0 Å². The van der Waals surface area contributed by atoms with Crippen LogP contribution in [0.1, 0.15) is 45.4 Å². The van der Waals surface area contributed by atoms with E-state index in [2.05, 4.69) is 6.92 Å². The predicted octanol–water partition coefficient (Wildman–Crippen LogP) is 2.23. The van der Waals surface area contributed by atoms with Crippen LogP contribution in [-0.2, 0) is 0 Å². The summed E-state index contributed by atoms with van der Waals surface area (Å²) in [6.07, 6.45) is 5.55. The molecule has 1 rings (SSSR count). The summed E-state index contributed by atoms with van der Waals surface area (Å²) in [5, 5.41) is 20.2. The molecular formula is C11H21NO3. The molecule has 3 atom stereocenters. The maximum absolute atomic E-state index is 10.9. The Balaban J connectivity index is 2.64. The quantitative estimate of drug-likeness (QED) is 0.565. The van der Waals surface area contributed by atoms with Gasteiger partial charge < -0.3 is 5.11 Å². The lowest BCUT2D eigenvalue weighted by atomic mass is 9.75. The zero-order chi connectivity index (χ0) is 11.3. The fourth-order valence-corrected chi connectivity index (χ4v) is 2.76. The van der Waals surface area contributed by atoms with E-state index in [1.807, 2.05) is 0 Å². The SMILES string of the molecule is CCC[C@H](CO)[C@@H]1CCCC[C@@H]1[N+](=O)[O-]. The van der Waals surface area contributed by atoms with Crippen LogP contribution in [0.2, 0.25) is 0 Å². The molecule has 4 heteroatoms. The number of hydrogen-bond acceptors (Lipinski definition) is 3. The zero-order valence-corrected chi connectivity index (χ0v) is 9.39. The molecule has 0 radical (unpaired) electrons. The Kier molecular flexibility index (Phi) is 5.02. The molecule has 1 fully saturated rings. The third kappa shape index (κ3) is 3.16. The van der Waals surface area contributed by atoms with E-state index in [0.717, 1.165) is 32.1 Å². The zero-order valence-electron chi connectivity index (χ0n) is 9.39. The van der Waals surface area contributed by atoms with Crippen molar-refractivity contribution >= 4 is 0 Å². The van der Waals surface area contributed by atoms with Crippen molar-refractivity contribution in [1.29, 1.82) is 0 Å². The molecule has 4 nitrogen and oxygen atoms in total. The minimum Gasteiger partial charge on any atom is -0.396 e. The number of nitrogens with zero attached hydrogens (tertiary/aromatic N) is 1. The Morgan fingerprint density at radius 2 is 2.13 bits per heavy atom. The van der Waals surface area contributed by atoms with E-state index in [9.17, 15) is 15.2 Å². The molecule has 1 N–H and O–H groups in total. The lowest BCUT2D eigenvalue weighted by molar-refractivity contribution is -0.538. The molecule has 0 unspecified atom stereocenters. The fourth-order valence-electron chi connectivity index (χ4n) is 2.76. The Bertz CT molecular complexity index is 208. The normalized spacial score (nSPS) is 28.7. The molecule has 15 heavy (non-hydrogen) atoms. The first kappa shape index (κ1) is 12.4. The lowest BCUT2D eigenvalue weighted by Gasteiger charge is -2.31. The maximum Gasteiger partial charge on any atom is 0.216 e. The van der Waals surface area contributed by atoms with Gasteiger partial charge in [-0.15, -0.1) is 0 Å². The topological polar surface area (TPSA) is 63.4 Å². The Labute approximate surface area is 90.8 Å². The average Bonchev–Trinajstić information content (AvgIpc) is 2.26. The molecule has 0 amide bonds. The van der Waals surface area contributed by atoms with Crippen molar-refractivity contribution in [2.45, 2.75) is 51.5 Å². The van der Waals surface area contributed by atoms with Crippen LogP contribution in [0.5, 0.6) is 0 Å². The van der Waals surface area contributed by atoms with Crippen LogP contribution < -0.4 is 0 Å². The minimum atomic E-state index is -0.414. The van der Waals surface area contributed by atoms with Gasteiger partial charge >= 0.3 is 0 Å². The number of rotatable bonds is 5. The van der Waals surface area contributed by atoms with Gasteiger partial charge in [-0.1, -0.05) is 19.8 Å². The average molecular weight is 215 g/mol. The van der Waals surface area contributed by atoms with Crippen molar-refractivity contribution < 1.29 is 10.0 Å². The second kappa shape index (κ2) is 6.05. The molecule has 0 bridgehead atoms. The smallest absolute Gasteiger partial charge is 0.216 e. The highest BCUT2D eigenvalue weighted by atomic mass is 16.6. The summed E-state index contributed by atoms with van der Waals surface area (Å²) in [4.78, 5) is 10.8. The van der Waals surface area contributed by atoms with Crippen molar-refractivity contribution in [3.05, 3.63) is 10.1 Å². The predicted molar refractivity (Wildman–Crippen MR) is 58.2 cm³/mol. The molecule has 0 heterocycles. The standard InChI is InChI=1S/C11H21NO3/c1-2-5-9(8-13)10-6-3-4-7-11(10)12(14)15/h9-11,13H,2-8H2,1H3/t9-,10+,11+/m1/s1. The van der Waals surface area contributed by atoms with E-state index in [4.69, 9.17) is 0 Å². The van der Waals surface area contributed by atoms with Gasteiger partial charge in [-0.05, 0) is 25.2 Å². The van der Waals surface area contributed by atoms with Gasteiger partial charge in [-0.2, -0.15) is 0 Å².